The molecule has 1 atom stereocenters. The van der Waals surface area contributed by atoms with Gasteiger partial charge < -0.3 is 10.2 Å². The predicted molar refractivity (Wildman–Crippen MR) is 61.3 cm³/mol. The number of carboxylic acids is 1. The van der Waals surface area contributed by atoms with Crippen molar-refractivity contribution in [1.82, 2.24) is 5.32 Å². The van der Waals surface area contributed by atoms with Gasteiger partial charge in [-0.2, -0.15) is 0 Å². The van der Waals surface area contributed by atoms with Crippen LogP contribution in [0, 0.1) is 0 Å². The molecular weight excluding hydrogens is 206 g/mol. The minimum absolute atomic E-state index is 0.0718. The summed E-state index contributed by atoms with van der Waals surface area (Å²) in [7, 11) is 0. The third kappa shape index (κ3) is 3.32. The lowest BCUT2D eigenvalue weighted by Crippen LogP contribution is -2.52. The van der Waals surface area contributed by atoms with Gasteiger partial charge in [-0.1, -0.05) is 30.3 Å². The second kappa shape index (κ2) is 5.63. The number of benzene rings is 1. The van der Waals surface area contributed by atoms with Gasteiger partial charge in [0.25, 0.3) is 0 Å². The summed E-state index contributed by atoms with van der Waals surface area (Å²) in [5.74, 6) is -0.912. The lowest BCUT2D eigenvalue weighted by Gasteiger charge is -2.26. The van der Waals surface area contributed by atoms with E-state index in [4.69, 9.17) is 5.11 Å². The summed E-state index contributed by atoms with van der Waals surface area (Å²) >= 11 is 0. The van der Waals surface area contributed by atoms with Gasteiger partial charge in [0.15, 0.2) is 0 Å². The number of nitrogens with one attached hydrogen (secondary N) is 1. The summed E-state index contributed by atoms with van der Waals surface area (Å²) in [6.45, 7) is 1.82. The summed E-state index contributed by atoms with van der Waals surface area (Å²) in [5, 5.41) is 20.7. The maximum atomic E-state index is 11.2. The topological polar surface area (TPSA) is 69.6 Å². The van der Waals surface area contributed by atoms with E-state index in [1.165, 1.54) is 0 Å². The predicted octanol–water partition coefficient (Wildman–Crippen LogP) is 0.654. The van der Waals surface area contributed by atoms with Crippen LogP contribution in [0.2, 0.25) is 0 Å². The number of hydrogen-bond acceptors (Lipinski definition) is 3. The molecule has 0 spiro atoms. The van der Waals surface area contributed by atoms with Gasteiger partial charge in [-0.25, -0.2) is 0 Å². The maximum Gasteiger partial charge on any atom is 0.323 e. The van der Waals surface area contributed by atoms with E-state index in [0.29, 0.717) is 6.42 Å². The molecule has 0 saturated heterocycles. The number of aliphatic hydroxyl groups excluding tert-OH is 1. The van der Waals surface area contributed by atoms with Crippen LogP contribution in [0.4, 0.5) is 0 Å². The highest BCUT2D eigenvalue weighted by Crippen LogP contribution is 2.13. The minimum atomic E-state index is -1.04. The van der Waals surface area contributed by atoms with Crippen LogP contribution in [0.5, 0.6) is 0 Å². The molecule has 0 bridgehead atoms. The van der Waals surface area contributed by atoms with E-state index in [1.807, 2.05) is 30.3 Å². The largest absolute Gasteiger partial charge is 0.480 e. The van der Waals surface area contributed by atoms with Gasteiger partial charge in [0.1, 0.15) is 5.54 Å². The molecular formula is C12H17NO3. The van der Waals surface area contributed by atoms with E-state index in [1.54, 1.807) is 6.92 Å². The van der Waals surface area contributed by atoms with E-state index >= 15 is 0 Å². The van der Waals surface area contributed by atoms with Gasteiger partial charge in [-0.15, -0.1) is 0 Å². The van der Waals surface area contributed by atoms with Gasteiger partial charge in [-0.3, -0.25) is 10.1 Å². The molecule has 3 N–H and O–H groups in total. The van der Waals surface area contributed by atoms with Crippen molar-refractivity contribution in [2.45, 2.75) is 18.9 Å². The van der Waals surface area contributed by atoms with Gasteiger partial charge in [-0.05, 0) is 12.5 Å². The van der Waals surface area contributed by atoms with Gasteiger partial charge in [0, 0.05) is 13.0 Å². The molecule has 16 heavy (non-hydrogen) atoms. The summed E-state index contributed by atoms with van der Waals surface area (Å²) in [6.07, 6.45) is 0.392. The third-order valence-corrected chi connectivity index (χ3v) is 2.50. The van der Waals surface area contributed by atoms with Crippen molar-refractivity contribution in [2.75, 3.05) is 13.2 Å². The third-order valence-electron chi connectivity index (χ3n) is 2.50. The van der Waals surface area contributed by atoms with Gasteiger partial charge in [0.05, 0.1) is 6.61 Å². The molecule has 4 heteroatoms. The van der Waals surface area contributed by atoms with Crippen molar-refractivity contribution in [3.05, 3.63) is 35.9 Å². The van der Waals surface area contributed by atoms with E-state index in [9.17, 15) is 9.90 Å². The zero-order chi connectivity index (χ0) is 12.0. The molecule has 0 aromatic heterocycles. The highest BCUT2D eigenvalue weighted by molar-refractivity contribution is 5.78. The molecule has 1 unspecified atom stereocenters. The van der Waals surface area contributed by atoms with E-state index < -0.39 is 11.5 Å². The second-order valence-corrected chi connectivity index (χ2v) is 3.95. The van der Waals surface area contributed by atoms with Crippen LogP contribution in [0.15, 0.2) is 30.3 Å². The van der Waals surface area contributed by atoms with Gasteiger partial charge in [0.2, 0.25) is 0 Å². The fraction of sp³-hybridized carbons (Fsp3) is 0.417. The van der Waals surface area contributed by atoms with Crippen molar-refractivity contribution in [3.63, 3.8) is 0 Å². The fourth-order valence-electron chi connectivity index (χ4n) is 1.55. The van der Waals surface area contributed by atoms with Crippen molar-refractivity contribution in [3.8, 4) is 0 Å². The van der Waals surface area contributed by atoms with Gasteiger partial charge >= 0.3 is 5.97 Å². The molecule has 0 aliphatic rings. The highest BCUT2D eigenvalue weighted by atomic mass is 16.4. The number of carboxylic acid groups (broad SMARTS) is 1. The molecule has 0 radical (unpaired) electrons. The summed E-state index contributed by atoms with van der Waals surface area (Å²) in [6, 6.07) is 9.43. The number of aliphatic carboxylic acids is 1. The number of rotatable bonds is 6. The van der Waals surface area contributed by atoms with Crippen molar-refractivity contribution in [1.29, 1.82) is 0 Å². The van der Waals surface area contributed by atoms with Crippen molar-refractivity contribution < 1.29 is 15.0 Å². The van der Waals surface area contributed by atoms with E-state index in [2.05, 4.69) is 5.32 Å². The highest BCUT2D eigenvalue weighted by Gasteiger charge is 2.32. The first-order valence-electron chi connectivity index (χ1n) is 5.22. The average Bonchev–Trinajstić information content (AvgIpc) is 2.27. The smallest absolute Gasteiger partial charge is 0.323 e. The number of carbonyl (C=O) groups is 1. The molecule has 88 valence electrons. The molecule has 0 saturated carbocycles. The van der Waals surface area contributed by atoms with E-state index in [-0.39, 0.29) is 13.2 Å². The number of aliphatic hydroxyl groups is 1. The Labute approximate surface area is 94.9 Å². The Morgan fingerprint density at radius 1 is 1.38 bits per heavy atom. The van der Waals surface area contributed by atoms with Crippen LogP contribution in [0.3, 0.4) is 0 Å². The molecule has 0 aliphatic heterocycles. The maximum absolute atomic E-state index is 11.2. The van der Waals surface area contributed by atoms with Crippen LogP contribution < -0.4 is 5.32 Å². The lowest BCUT2D eigenvalue weighted by molar-refractivity contribution is -0.144. The lowest BCUT2D eigenvalue weighted by atomic mass is 9.93. The Bertz CT molecular complexity index is 339. The first-order valence-corrected chi connectivity index (χ1v) is 5.22. The van der Waals surface area contributed by atoms with Crippen LogP contribution in [-0.4, -0.2) is 34.9 Å². The molecule has 1 rings (SSSR count). The minimum Gasteiger partial charge on any atom is -0.480 e. The zero-order valence-electron chi connectivity index (χ0n) is 9.31. The molecule has 1 aromatic rings. The number of hydrogen-bond donors (Lipinski definition) is 3. The normalized spacial score (nSPS) is 14.4. The quantitative estimate of drug-likeness (QED) is 0.662. The average molecular weight is 223 g/mol. The van der Waals surface area contributed by atoms with Crippen LogP contribution in [0.25, 0.3) is 0 Å². The van der Waals surface area contributed by atoms with Crippen LogP contribution in [-0.2, 0) is 11.2 Å². The Balaban J connectivity index is 2.75. The van der Waals surface area contributed by atoms with E-state index in [0.717, 1.165) is 5.56 Å². The summed E-state index contributed by atoms with van der Waals surface area (Å²) < 4.78 is 0. The Hall–Kier alpha value is -1.39. The number of β-amino-alcohol motifs (C(OH)–C–C–N with tert-alkyl or cyclic N) is 1. The Morgan fingerprint density at radius 3 is 2.50 bits per heavy atom. The summed E-state index contributed by atoms with van der Waals surface area (Å²) in [4.78, 5) is 11.2. The zero-order valence-corrected chi connectivity index (χ0v) is 9.31. The second-order valence-electron chi connectivity index (χ2n) is 3.95. The van der Waals surface area contributed by atoms with Crippen molar-refractivity contribution >= 4 is 5.97 Å². The monoisotopic (exact) mass is 223 g/mol. The molecule has 0 amide bonds. The van der Waals surface area contributed by atoms with Crippen LogP contribution in [0.1, 0.15) is 12.5 Å². The molecule has 1 aromatic carbocycles. The summed E-state index contributed by atoms with van der Waals surface area (Å²) in [5.41, 5.74) is -0.0813. The first-order chi connectivity index (χ1) is 7.58. The molecule has 0 aliphatic carbocycles. The molecule has 0 heterocycles. The molecule has 4 nitrogen and oxygen atoms in total. The standard InChI is InChI=1S/C12H17NO3/c1-12(11(15)16,13-7-8-14)9-10-5-3-2-4-6-10/h2-6,13-14H,7-9H2,1H3,(H,15,16). The Kier molecular flexibility index (Phi) is 4.46. The first kappa shape index (κ1) is 12.7. The molecule has 0 fully saturated rings. The fourth-order valence-corrected chi connectivity index (χ4v) is 1.55. The van der Waals surface area contributed by atoms with Crippen molar-refractivity contribution in [2.24, 2.45) is 0 Å². The SMILES string of the molecule is CC(Cc1ccccc1)(NCCO)C(=O)O. The van der Waals surface area contributed by atoms with Crippen LogP contribution >= 0.6 is 0 Å². The Morgan fingerprint density at radius 2 is 2.00 bits per heavy atom.